The summed E-state index contributed by atoms with van der Waals surface area (Å²) >= 11 is 19.0. The predicted octanol–water partition coefficient (Wildman–Crippen LogP) is 6.97. The number of nitrogens with zero attached hydrogens (tertiary/aromatic N) is 5. The van der Waals surface area contributed by atoms with Gasteiger partial charge < -0.3 is 9.32 Å². The van der Waals surface area contributed by atoms with Gasteiger partial charge in [0, 0.05) is 39.6 Å². The number of hydrogen-bond acceptors (Lipinski definition) is 5. The van der Waals surface area contributed by atoms with Crippen LogP contribution in [-0.2, 0) is 16.8 Å². The summed E-state index contributed by atoms with van der Waals surface area (Å²) in [7, 11) is 0. The van der Waals surface area contributed by atoms with Crippen LogP contribution in [0, 0.1) is 0 Å². The molecule has 1 amide bonds. The Morgan fingerprint density at radius 1 is 1.00 bits per heavy atom. The van der Waals surface area contributed by atoms with Crippen LogP contribution in [0.3, 0.4) is 0 Å². The van der Waals surface area contributed by atoms with Crippen molar-refractivity contribution in [1.29, 1.82) is 0 Å². The highest BCUT2D eigenvalue weighted by atomic mass is 35.5. The molecule has 10 heteroatoms. The summed E-state index contributed by atoms with van der Waals surface area (Å²) in [6.45, 7) is 7.00. The van der Waals surface area contributed by atoms with E-state index in [2.05, 4.69) is 10.2 Å². The first-order valence-corrected chi connectivity index (χ1v) is 12.7. The van der Waals surface area contributed by atoms with Gasteiger partial charge in [0.2, 0.25) is 11.8 Å². The van der Waals surface area contributed by atoms with E-state index in [1.54, 1.807) is 22.9 Å². The van der Waals surface area contributed by atoms with Crippen LogP contribution in [0.2, 0.25) is 15.1 Å². The van der Waals surface area contributed by atoms with Gasteiger partial charge in [0.25, 0.3) is 5.89 Å². The normalized spacial score (nSPS) is 14.2. The second kappa shape index (κ2) is 9.54. The Labute approximate surface area is 224 Å². The zero-order valence-corrected chi connectivity index (χ0v) is 22.3. The fourth-order valence-corrected chi connectivity index (χ4v) is 4.80. The third-order valence-corrected chi connectivity index (χ3v) is 6.82. The average molecular weight is 545 g/mol. The lowest BCUT2D eigenvalue weighted by Crippen LogP contribution is -2.24. The van der Waals surface area contributed by atoms with E-state index in [1.807, 2.05) is 49.9 Å². The van der Waals surface area contributed by atoms with E-state index in [0.717, 1.165) is 23.2 Å². The molecule has 0 atom stereocenters. The van der Waals surface area contributed by atoms with Gasteiger partial charge >= 0.3 is 0 Å². The smallest absolute Gasteiger partial charge is 0.268 e. The van der Waals surface area contributed by atoms with Crippen molar-refractivity contribution < 1.29 is 9.21 Å². The van der Waals surface area contributed by atoms with E-state index in [-0.39, 0.29) is 17.2 Å². The summed E-state index contributed by atoms with van der Waals surface area (Å²) in [6.07, 6.45) is 1.34. The first-order valence-electron chi connectivity index (χ1n) is 11.6. The van der Waals surface area contributed by atoms with Crippen molar-refractivity contribution in [3.05, 3.63) is 69.0 Å². The van der Waals surface area contributed by atoms with E-state index >= 15 is 0 Å². The Kier molecular flexibility index (Phi) is 6.57. The fourth-order valence-electron chi connectivity index (χ4n) is 4.19. The highest BCUT2D eigenvalue weighted by molar-refractivity contribution is 6.35. The number of aromatic nitrogens is 4. The fraction of sp³-hybridized carbons (Fsp3) is 0.308. The van der Waals surface area contributed by atoms with Gasteiger partial charge in [0.1, 0.15) is 0 Å². The monoisotopic (exact) mass is 543 g/mol. The van der Waals surface area contributed by atoms with Crippen LogP contribution in [0.15, 0.2) is 46.9 Å². The van der Waals surface area contributed by atoms with Crippen molar-refractivity contribution >= 4 is 40.7 Å². The van der Waals surface area contributed by atoms with Crippen LogP contribution in [0.4, 0.5) is 0 Å². The molecule has 186 valence electrons. The minimum absolute atomic E-state index is 0.0983. The molecule has 0 radical (unpaired) electrons. The highest BCUT2D eigenvalue weighted by Crippen LogP contribution is 2.38. The molecule has 36 heavy (non-hydrogen) atoms. The van der Waals surface area contributed by atoms with Crippen LogP contribution >= 0.6 is 34.8 Å². The molecule has 1 fully saturated rings. The maximum absolute atomic E-state index is 12.6. The van der Waals surface area contributed by atoms with Gasteiger partial charge in [-0.1, -0.05) is 67.7 Å². The lowest BCUT2D eigenvalue weighted by Gasteiger charge is -2.17. The first-order chi connectivity index (χ1) is 17.1. The number of benzene rings is 2. The van der Waals surface area contributed by atoms with Gasteiger partial charge in [-0.25, -0.2) is 4.68 Å². The van der Waals surface area contributed by atoms with E-state index in [4.69, 9.17) is 44.3 Å². The predicted molar refractivity (Wildman–Crippen MR) is 141 cm³/mol. The Morgan fingerprint density at radius 3 is 2.33 bits per heavy atom. The molecule has 1 aliphatic heterocycles. The van der Waals surface area contributed by atoms with Gasteiger partial charge in [0.05, 0.1) is 22.9 Å². The first kappa shape index (κ1) is 24.8. The summed E-state index contributed by atoms with van der Waals surface area (Å²) in [5.41, 5.74) is 3.16. The molecule has 7 nitrogen and oxygen atoms in total. The number of rotatable bonds is 5. The maximum Gasteiger partial charge on any atom is 0.268 e. The van der Waals surface area contributed by atoms with Gasteiger partial charge in [-0.15, -0.1) is 10.2 Å². The Bertz CT molecular complexity index is 1440. The topological polar surface area (TPSA) is 77.1 Å². The van der Waals surface area contributed by atoms with Crippen molar-refractivity contribution in [2.24, 2.45) is 0 Å². The SMILES string of the molecule is CC(C)(C)c1nnc(-c2nn(-c3ccc(Cl)cc3Cl)c(-c3ccc(Cl)cc3)c2CN2CCCC2=O)o1. The third-order valence-electron chi connectivity index (χ3n) is 6.03. The second-order valence-electron chi connectivity index (χ2n) is 9.77. The molecule has 0 aliphatic carbocycles. The lowest BCUT2D eigenvalue weighted by atomic mass is 9.97. The molecule has 4 aromatic rings. The molecular formula is C26H24Cl3N5O2. The van der Waals surface area contributed by atoms with E-state index in [9.17, 15) is 4.79 Å². The Balaban J connectivity index is 1.78. The van der Waals surface area contributed by atoms with Crippen molar-refractivity contribution in [1.82, 2.24) is 24.9 Å². The standard InChI is InChI=1S/C26H24Cl3N5O2/c1-26(2,3)25-31-30-24(36-25)22-18(14-33-12-4-5-21(33)35)23(15-6-8-16(27)9-7-15)34(32-22)20-11-10-17(28)13-19(20)29/h6-11,13H,4-5,12,14H2,1-3H3. The quantitative estimate of drug-likeness (QED) is 0.271. The van der Waals surface area contributed by atoms with Crippen LogP contribution in [0.25, 0.3) is 28.5 Å². The van der Waals surface area contributed by atoms with Gasteiger partial charge in [0.15, 0.2) is 5.69 Å². The van der Waals surface area contributed by atoms with E-state index in [1.165, 1.54) is 0 Å². The van der Waals surface area contributed by atoms with Gasteiger partial charge in [-0.2, -0.15) is 5.10 Å². The summed E-state index contributed by atoms with van der Waals surface area (Å²) in [5, 5.41) is 15.1. The Morgan fingerprint density at radius 2 is 1.72 bits per heavy atom. The average Bonchev–Trinajstić information content (AvgIpc) is 3.54. The van der Waals surface area contributed by atoms with E-state index < -0.39 is 0 Å². The minimum atomic E-state index is -0.336. The van der Waals surface area contributed by atoms with E-state index in [0.29, 0.717) is 51.9 Å². The number of hydrogen-bond donors (Lipinski definition) is 0. The van der Waals surface area contributed by atoms with Gasteiger partial charge in [-0.05, 0) is 36.8 Å². The molecule has 0 spiro atoms. The second-order valence-corrected chi connectivity index (χ2v) is 11.1. The molecule has 3 heterocycles. The Hall–Kier alpha value is -2.87. The summed E-state index contributed by atoms with van der Waals surface area (Å²) in [5.74, 6) is 0.870. The number of halogens is 3. The molecule has 0 N–H and O–H groups in total. The molecule has 1 saturated heterocycles. The number of amides is 1. The molecule has 2 aromatic carbocycles. The third kappa shape index (κ3) is 4.75. The van der Waals surface area contributed by atoms with Crippen LogP contribution < -0.4 is 0 Å². The van der Waals surface area contributed by atoms with Crippen LogP contribution in [0.5, 0.6) is 0 Å². The minimum Gasteiger partial charge on any atom is -0.419 e. The highest BCUT2D eigenvalue weighted by Gasteiger charge is 2.31. The molecule has 0 saturated carbocycles. The van der Waals surface area contributed by atoms with Crippen molar-refractivity contribution in [2.45, 2.75) is 45.6 Å². The summed E-state index contributed by atoms with van der Waals surface area (Å²) in [4.78, 5) is 14.4. The van der Waals surface area contributed by atoms with Crippen LogP contribution in [0.1, 0.15) is 45.1 Å². The van der Waals surface area contributed by atoms with Crippen molar-refractivity contribution in [3.8, 4) is 28.5 Å². The van der Waals surface area contributed by atoms with Crippen molar-refractivity contribution in [2.75, 3.05) is 6.54 Å². The number of likely N-dealkylation sites (tertiary alicyclic amines) is 1. The zero-order valence-electron chi connectivity index (χ0n) is 20.1. The molecule has 1 aliphatic rings. The molecule has 0 unspecified atom stereocenters. The largest absolute Gasteiger partial charge is 0.419 e. The maximum atomic E-state index is 12.6. The van der Waals surface area contributed by atoms with Crippen molar-refractivity contribution in [3.63, 3.8) is 0 Å². The number of carbonyl (C=O) groups excluding carboxylic acids is 1. The van der Waals surface area contributed by atoms with Crippen LogP contribution in [-0.4, -0.2) is 37.3 Å². The molecular weight excluding hydrogens is 521 g/mol. The van der Waals surface area contributed by atoms with Gasteiger partial charge in [-0.3, -0.25) is 4.79 Å². The number of carbonyl (C=O) groups is 1. The molecule has 0 bridgehead atoms. The lowest BCUT2D eigenvalue weighted by molar-refractivity contribution is -0.128. The molecule has 2 aromatic heterocycles. The summed E-state index contributed by atoms with van der Waals surface area (Å²) < 4.78 is 7.84. The molecule has 5 rings (SSSR count). The zero-order chi connectivity index (χ0) is 25.6. The summed E-state index contributed by atoms with van der Waals surface area (Å²) in [6, 6.07) is 12.7.